The Kier molecular flexibility index (Phi) is 3.74. The van der Waals surface area contributed by atoms with Crippen LogP contribution in [-0.2, 0) is 10.8 Å². The molecule has 15 heavy (non-hydrogen) atoms. The Morgan fingerprint density at radius 3 is 2.53 bits per heavy atom. The molecule has 0 saturated carbocycles. The predicted molar refractivity (Wildman–Crippen MR) is 61.3 cm³/mol. The standard InChI is InChI=1S/C11H15NO2S/c1-11(2,3)15(14)8-10(13)9-6-4-5-7-12-9/h4-7H,8H2,1-3H3. The van der Waals surface area contributed by atoms with E-state index in [1.54, 1.807) is 24.4 Å². The molecule has 0 aliphatic carbocycles. The number of aromatic nitrogens is 1. The lowest BCUT2D eigenvalue weighted by Gasteiger charge is -2.16. The van der Waals surface area contributed by atoms with Crippen molar-refractivity contribution in [2.24, 2.45) is 0 Å². The van der Waals surface area contributed by atoms with Gasteiger partial charge in [-0.3, -0.25) is 14.0 Å². The van der Waals surface area contributed by atoms with Gasteiger partial charge in [0.15, 0.2) is 5.78 Å². The zero-order chi connectivity index (χ0) is 11.5. The quantitative estimate of drug-likeness (QED) is 0.737. The van der Waals surface area contributed by atoms with Crippen LogP contribution >= 0.6 is 0 Å². The Balaban J connectivity index is 2.70. The van der Waals surface area contributed by atoms with Crippen LogP contribution in [-0.4, -0.2) is 25.5 Å². The number of hydrogen-bond acceptors (Lipinski definition) is 3. The fourth-order valence-electron chi connectivity index (χ4n) is 0.937. The first kappa shape index (κ1) is 12.0. The van der Waals surface area contributed by atoms with Crippen LogP contribution in [0.4, 0.5) is 0 Å². The first-order valence-electron chi connectivity index (χ1n) is 4.74. The Hall–Kier alpha value is -1.03. The molecule has 0 spiro atoms. The number of carbonyl (C=O) groups is 1. The van der Waals surface area contributed by atoms with Gasteiger partial charge in [-0.05, 0) is 32.9 Å². The van der Waals surface area contributed by atoms with E-state index >= 15 is 0 Å². The van der Waals surface area contributed by atoms with Crippen molar-refractivity contribution in [2.45, 2.75) is 25.5 Å². The summed E-state index contributed by atoms with van der Waals surface area (Å²) in [6, 6.07) is 5.14. The summed E-state index contributed by atoms with van der Waals surface area (Å²) < 4.78 is 11.4. The number of Topliss-reactive ketones (excluding diaryl/α,β-unsaturated/α-hetero) is 1. The Morgan fingerprint density at radius 2 is 2.07 bits per heavy atom. The molecule has 0 fully saturated rings. The third-order valence-corrected chi connectivity index (χ3v) is 3.79. The maximum absolute atomic E-state index is 11.7. The summed E-state index contributed by atoms with van der Waals surface area (Å²) in [5.74, 6) is -0.121. The second-order valence-electron chi connectivity index (χ2n) is 4.24. The van der Waals surface area contributed by atoms with Gasteiger partial charge < -0.3 is 0 Å². The van der Waals surface area contributed by atoms with Gasteiger partial charge in [0, 0.05) is 21.7 Å². The average molecular weight is 225 g/mol. The molecule has 1 aromatic rings. The number of ketones is 1. The zero-order valence-corrected chi connectivity index (χ0v) is 10.0. The van der Waals surface area contributed by atoms with E-state index < -0.39 is 10.8 Å². The van der Waals surface area contributed by atoms with Crippen LogP contribution in [0.3, 0.4) is 0 Å². The minimum atomic E-state index is -1.16. The summed E-state index contributed by atoms with van der Waals surface area (Å²) in [5, 5.41) is 0. The number of carbonyl (C=O) groups excluding carboxylic acids is 1. The SMILES string of the molecule is CC(C)(C)S(=O)CC(=O)c1ccccn1. The number of pyridine rings is 1. The highest BCUT2D eigenvalue weighted by atomic mass is 32.2. The number of hydrogen-bond donors (Lipinski definition) is 0. The largest absolute Gasteiger partial charge is 0.291 e. The maximum atomic E-state index is 11.7. The van der Waals surface area contributed by atoms with Gasteiger partial charge in [0.2, 0.25) is 0 Å². The summed E-state index contributed by atoms with van der Waals surface area (Å²) in [4.78, 5) is 15.6. The molecule has 0 N–H and O–H groups in total. The molecule has 0 saturated heterocycles. The molecule has 0 aliphatic rings. The molecule has 1 atom stereocenters. The van der Waals surface area contributed by atoms with E-state index in [2.05, 4.69) is 4.98 Å². The molecule has 4 heteroatoms. The Bertz CT molecular complexity index is 368. The molecule has 82 valence electrons. The third kappa shape index (κ3) is 3.55. The fourth-order valence-corrected chi connectivity index (χ4v) is 1.76. The summed E-state index contributed by atoms with van der Waals surface area (Å²) in [5.41, 5.74) is 0.384. The van der Waals surface area contributed by atoms with Crippen LogP contribution in [0.25, 0.3) is 0 Å². The van der Waals surface area contributed by atoms with E-state index in [0.29, 0.717) is 5.69 Å². The van der Waals surface area contributed by atoms with Crippen LogP contribution in [0, 0.1) is 0 Å². The lowest BCUT2D eigenvalue weighted by Crippen LogP contribution is -2.27. The molecule has 0 aromatic carbocycles. The van der Waals surface area contributed by atoms with Gasteiger partial charge in [-0.1, -0.05) is 6.07 Å². The summed E-state index contributed by atoms with van der Waals surface area (Å²) >= 11 is 0. The van der Waals surface area contributed by atoms with Crippen molar-refractivity contribution in [1.82, 2.24) is 4.98 Å². The van der Waals surface area contributed by atoms with Crippen LogP contribution in [0.1, 0.15) is 31.3 Å². The average Bonchev–Trinajstić information content (AvgIpc) is 2.17. The van der Waals surface area contributed by atoms with Gasteiger partial charge in [0.05, 0.1) is 5.75 Å². The maximum Gasteiger partial charge on any atom is 0.193 e. The highest BCUT2D eigenvalue weighted by Gasteiger charge is 2.22. The Morgan fingerprint density at radius 1 is 1.40 bits per heavy atom. The van der Waals surface area contributed by atoms with E-state index in [1.807, 2.05) is 20.8 Å². The normalized spacial score (nSPS) is 13.5. The molecule has 1 aromatic heterocycles. The number of rotatable bonds is 3. The van der Waals surface area contributed by atoms with Crippen molar-refractivity contribution in [3.05, 3.63) is 30.1 Å². The van der Waals surface area contributed by atoms with Crippen molar-refractivity contribution < 1.29 is 9.00 Å². The predicted octanol–water partition coefficient (Wildman–Crippen LogP) is 1.81. The first-order valence-corrected chi connectivity index (χ1v) is 6.06. The van der Waals surface area contributed by atoms with E-state index in [1.165, 1.54) is 0 Å². The molecule has 1 rings (SSSR count). The summed E-state index contributed by atoms with van der Waals surface area (Å²) in [7, 11) is -1.16. The van der Waals surface area contributed by atoms with Crippen LogP contribution in [0.2, 0.25) is 0 Å². The van der Waals surface area contributed by atoms with Gasteiger partial charge in [0.1, 0.15) is 5.69 Å². The van der Waals surface area contributed by atoms with Crippen LogP contribution in [0.5, 0.6) is 0 Å². The minimum absolute atomic E-state index is 0.0422. The number of nitrogens with zero attached hydrogens (tertiary/aromatic N) is 1. The van der Waals surface area contributed by atoms with E-state index in [0.717, 1.165) is 0 Å². The monoisotopic (exact) mass is 225 g/mol. The molecular weight excluding hydrogens is 210 g/mol. The summed E-state index contributed by atoms with van der Waals surface area (Å²) in [6.45, 7) is 5.57. The van der Waals surface area contributed by atoms with Crippen molar-refractivity contribution in [2.75, 3.05) is 5.75 Å². The van der Waals surface area contributed by atoms with Crippen molar-refractivity contribution in [3.63, 3.8) is 0 Å². The van der Waals surface area contributed by atoms with Crippen molar-refractivity contribution in [1.29, 1.82) is 0 Å². The molecule has 3 nitrogen and oxygen atoms in total. The van der Waals surface area contributed by atoms with Crippen LogP contribution in [0.15, 0.2) is 24.4 Å². The summed E-state index contributed by atoms with van der Waals surface area (Å²) in [6.07, 6.45) is 1.56. The topological polar surface area (TPSA) is 47.0 Å². The van der Waals surface area contributed by atoms with E-state index in [9.17, 15) is 9.00 Å². The molecule has 1 heterocycles. The van der Waals surface area contributed by atoms with Gasteiger partial charge in [-0.2, -0.15) is 0 Å². The van der Waals surface area contributed by atoms with Gasteiger partial charge >= 0.3 is 0 Å². The fraction of sp³-hybridized carbons (Fsp3) is 0.455. The van der Waals surface area contributed by atoms with Crippen molar-refractivity contribution >= 4 is 16.6 Å². The molecule has 1 unspecified atom stereocenters. The van der Waals surface area contributed by atoms with Gasteiger partial charge in [0.25, 0.3) is 0 Å². The lowest BCUT2D eigenvalue weighted by molar-refractivity contribution is 0.101. The van der Waals surface area contributed by atoms with Gasteiger partial charge in [-0.25, -0.2) is 0 Å². The lowest BCUT2D eigenvalue weighted by atomic mass is 10.2. The van der Waals surface area contributed by atoms with E-state index in [-0.39, 0.29) is 16.3 Å². The molecule has 0 bridgehead atoms. The molecule has 0 radical (unpaired) electrons. The highest BCUT2D eigenvalue weighted by Crippen LogP contribution is 2.12. The second kappa shape index (κ2) is 4.66. The Labute approximate surface area is 92.4 Å². The smallest absolute Gasteiger partial charge is 0.193 e. The van der Waals surface area contributed by atoms with Crippen molar-refractivity contribution in [3.8, 4) is 0 Å². The molecule has 0 amide bonds. The second-order valence-corrected chi connectivity index (χ2v) is 6.44. The minimum Gasteiger partial charge on any atom is -0.291 e. The highest BCUT2D eigenvalue weighted by molar-refractivity contribution is 7.87. The van der Waals surface area contributed by atoms with E-state index in [4.69, 9.17) is 0 Å². The third-order valence-electron chi connectivity index (χ3n) is 1.90. The zero-order valence-electron chi connectivity index (χ0n) is 9.19. The van der Waals surface area contributed by atoms with Gasteiger partial charge in [-0.15, -0.1) is 0 Å². The molecular formula is C11H15NO2S. The van der Waals surface area contributed by atoms with Crippen LogP contribution < -0.4 is 0 Å². The molecule has 0 aliphatic heterocycles. The first-order chi connectivity index (χ1) is 6.91.